The molecule has 0 aliphatic heterocycles. The van der Waals surface area contributed by atoms with Crippen molar-refractivity contribution in [2.24, 2.45) is 0 Å². The molecule has 0 saturated heterocycles. The predicted octanol–water partition coefficient (Wildman–Crippen LogP) is 2.25. The third-order valence-electron chi connectivity index (χ3n) is 3.64. The van der Waals surface area contributed by atoms with E-state index in [4.69, 9.17) is 14.1 Å². The van der Waals surface area contributed by atoms with E-state index in [1.807, 2.05) is 0 Å². The summed E-state index contributed by atoms with van der Waals surface area (Å²) in [5, 5.41) is 20.2. The minimum atomic E-state index is -1.22. The Kier molecular flexibility index (Phi) is 6.08. The van der Waals surface area contributed by atoms with Gasteiger partial charge in [0.15, 0.2) is 0 Å². The molecule has 0 fully saturated rings. The molecule has 134 valence electrons. The molecule has 6 nitrogen and oxygen atoms in total. The first-order valence-electron chi connectivity index (χ1n) is 7.80. The Balaban J connectivity index is 2.72. The van der Waals surface area contributed by atoms with Crippen LogP contribution in [-0.2, 0) is 9.39 Å². The molecule has 0 radical (unpaired) electrons. The van der Waals surface area contributed by atoms with Gasteiger partial charge in [0.25, 0.3) is 0 Å². The third-order valence-corrected chi connectivity index (χ3v) is 3.64. The first-order valence-corrected chi connectivity index (χ1v) is 7.80. The van der Waals surface area contributed by atoms with Crippen LogP contribution in [0.4, 0.5) is 4.79 Å². The quantitative estimate of drug-likeness (QED) is 0.487. The second kappa shape index (κ2) is 7.13. The Bertz CT molecular complexity index is 554. The van der Waals surface area contributed by atoms with Gasteiger partial charge in [-0.1, -0.05) is 12.1 Å². The van der Waals surface area contributed by atoms with Gasteiger partial charge in [-0.3, -0.25) is 0 Å². The molecule has 1 rings (SSSR count). The number of hydrogen-bond acceptors (Lipinski definition) is 6. The van der Waals surface area contributed by atoms with Gasteiger partial charge >= 0.3 is 13.3 Å². The summed E-state index contributed by atoms with van der Waals surface area (Å²) in [5.74, 6) is 0.293. The van der Waals surface area contributed by atoms with Gasteiger partial charge in [0.1, 0.15) is 11.4 Å². The van der Waals surface area contributed by atoms with Crippen molar-refractivity contribution < 1.29 is 29.1 Å². The summed E-state index contributed by atoms with van der Waals surface area (Å²) in [6.45, 7) is 11.8. The fourth-order valence-electron chi connectivity index (χ4n) is 1.56. The Hall–Kier alpha value is -1.57. The molecular formula is C17H27BO6. The molecule has 1 aromatic rings. The number of carbonyl (C=O) groups excluding carboxylic acids is 1. The van der Waals surface area contributed by atoms with E-state index in [0.717, 1.165) is 0 Å². The van der Waals surface area contributed by atoms with Crippen molar-refractivity contribution >= 4 is 18.7 Å². The van der Waals surface area contributed by atoms with Crippen LogP contribution < -0.4 is 10.2 Å². The fraction of sp³-hybridized carbons (Fsp3) is 0.588. The molecule has 0 unspecified atom stereocenters. The molecular weight excluding hydrogens is 311 g/mol. The molecule has 0 bridgehead atoms. The van der Waals surface area contributed by atoms with E-state index in [1.54, 1.807) is 60.6 Å². The minimum Gasteiger partial charge on any atom is -0.428 e. The first-order chi connectivity index (χ1) is 10.7. The normalized spacial score (nSPS) is 12.7. The highest BCUT2D eigenvalue weighted by Gasteiger charge is 2.39. The first kappa shape index (κ1) is 20.5. The van der Waals surface area contributed by atoms with Crippen LogP contribution in [0.25, 0.3) is 0 Å². The number of carbonyl (C=O) groups is 1. The standard InChI is InChI=1S/C17H27BO6/c1-15(2,3)23-14(19)22-13-10-8-12(9-11-13)18(21)24-17(6,7)16(4,5)20/h8-11,20-21H,1-7H3. The summed E-state index contributed by atoms with van der Waals surface area (Å²) >= 11 is 0. The van der Waals surface area contributed by atoms with Gasteiger partial charge in [0.05, 0.1) is 11.2 Å². The molecule has 7 heteroatoms. The maximum absolute atomic E-state index is 11.6. The highest BCUT2D eigenvalue weighted by Crippen LogP contribution is 2.25. The van der Waals surface area contributed by atoms with Gasteiger partial charge in [-0.15, -0.1) is 0 Å². The molecule has 0 aromatic heterocycles. The van der Waals surface area contributed by atoms with Crippen LogP contribution in [0.15, 0.2) is 24.3 Å². The van der Waals surface area contributed by atoms with E-state index in [1.165, 1.54) is 12.1 Å². The molecule has 0 aliphatic carbocycles. The van der Waals surface area contributed by atoms with E-state index in [2.05, 4.69) is 0 Å². The van der Waals surface area contributed by atoms with Crippen molar-refractivity contribution in [2.75, 3.05) is 0 Å². The van der Waals surface area contributed by atoms with Crippen LogP contribution in [0.3, 0.4) is 0 Å². The zero-order chi connectivity index (χ0) is 18.8. The predicted molar refractivity (Wildman–Crippen MR) is 92.4 cm³/mol. The highest BCUT2D eigenvalue weighted by atomic mass is 16.7. The van der Waals surface area contributed by atoms with E-state index in [0.29, 0.717) is 11.2 Å². The molecule has 2 N–H and O–H groups in total. The Morgan fingerprint density at radius 2 is 1.50 bits per heavy atom. The molecule has 1 aromatic carbocycles. The van der Waals surface area contributed by atoms with Gasteiger partial charge in [-0.05, 0) is 66.1 Å². The van der Waals surface area contributed by atoms with Gasteiger partial charge in [-0.25, -0.2) is 4.79 Å². The summed E-state index contributed by atoms with van der Waals surface area (Å²) in [6, 6.07) is 6.21. The van der Waals surface area contributed by atoms with Crippen LogP contribution >= 0.6 is 0 Å². The SMILES string of the molecule is CC(C)(C)OC(=O)Oc1ccc(B(O)OC(C)(C)C(C)(C)O)cc1. The van der Waals surface area contributed by atoms with E-state index >= 15 is 0 Å². The largest absolute Gasteiger partial charge is 0.514 e. The average Bonchev–Trinajstić information content (AvgIpc) is 2.35. The van der Waals surface area contributed by atoms with Crippen molar-refractivity contribution in [3.63, 3.8) is 0 Å². The monoisotopic (exact) mass is 338 g/mol. The maximum atomic E-state index is 11.6. The van der Waals surface area contributed by atoms with E-state index < -0.39 is 30.1 Å². The lowest BCUT2D eigenvalue weighted by Gasteiger charge is -2.38. The lowest BCUT2D eigenvalue weighted by molar-refractivity contribution is -0.0982. The Morgan fingerprint density at radius 3 is 1.92 bits per heavy atom. The lowest BCUT2D eigenvalue weighted by atomic mass is 9.76. The van der Waals surface area contributed by atoms with Crippen molar-refractivity contribution in [3.05, 3.63) is 24.3 Å². The van der Waals surface area contributed by atoms with Gasteiger partial charge in [0.2, 0.25) is 0 Å². The molecule has 0 spiro atoms. The molecule has 24 heavy (non-hydrogen) atoms. The molecule has 0 atom stereocenters. The number of aliphatic hydroxyl groups is 1. The van der Waals surface area contributed by atoms with Crippen molar-refractivity contribution in [1.82, 2.24) is 0 Å². The van der Waals surface area contributed by atoms with Crippen LogP contribution in [-0.4, -0.2) is 40.2 Å². The second-order valence-corrected chi connectivity index (χ2v) is 7.68. The lowest BCUT2D eigenvalue weighted by Crippen LogP contribution is -2.53. The summed E-state index contributed by atoms with van der Waals surface area (Å²) in [7, 11) is -1.22. The topological polar surface area (TPSA) is 85.2 Å². The smallest absolute Gasteiger partial charge is 0.428 e. The summed E-state index contributed by atoms with van der Waals surface area (Å²) < 4.78 is 15.7. The fourth-order valence-corrected chi connectivity index (χ4v) is 1.56. The van der Waals surface area contributed by atoms with Crippen molar-refractivity contribution in [1.29, 1.82) is 0 Å². The zero-order valence-corrected chi connectivity index (χ0v) is 15.4. The third kappa shape index (κ3) is 6.15. The molecule has 0 aliphatic rings. The second-order valence-electron chi connectivity index (χ2n) is 7.68. The number of hydrogen-bond donors (Lipinski definition) is 2. The van der Waals surface area contributed by atoms with Crippen molar-refractivity contribution in [2.45, 2.75) is 65.3 Å². The van der Waals surface area contributed by atoms with Gasteiger partial charge < -0.3 is 24.3 Å². The number of rotatable bonds is 5. The summed E-state index contributed by atoms with van der Waals surface area (Å²) in [6.07, 6.45) is -0.796. The van der Waals surface area contributed by atoms with Crippen LogP contribution in [0, 0.1) is 0 Å². The average molecular weight is 338 g/mol. The molecule has 0 amide bonds. The maximum Gasteiger partial charge on any atom is 0.514 e. The van der Waals surface area contributed by atoms with E-state index in [9.17, 15) is 14.9 Å². The summed E-state index contributed by atoms with van der Waals surface area (Å²) in [5.41, 5.74) is -2.25. The Labute approximate surface area is 143 Å². The van der Waals surface area contributed by atoms with Crippen LogP contribution in [0.5, 0.6) is 5.75 Å². The molecule has 0 heterocycles. The Morgan fingerprint density at radius 1 is 1.00 bits per heavy atom. The van der Waals surface area contributed by atoms with Crippen LogP contribution in [0.1, 0.15) is 48.5 Å². The van der Waals surface area contributed by atoms with Crippen molar-refractivity contribution in [3.8, 4) is 5.75 Å². The van der Waals surface area contributed by atoms with Crippen LogP contribution in [0.2, 0.25) is 0 Å². The van der Waals surface area contributed by atoms with Gasteiger partial charge in [-0.2, -0.15) is 0 Å². The number of benzene rings is 1. The number of ether oxygens (including phenoxy) is 2. The highest BCUT2D eigenvalue weighted by molar-refractivity contribution is 6.60. The molecule has 0 saturated carbocycles. The zero-order valence-electron chi connectivity index (χ0n) is 15.4. The van der Waals surface area contributed by atoms with E-state index in [-0.39, 0.29) is 0 Å². The minimum absolute atomic E-state index is 0.293. The van der Waals surface area contributed by atoms with Gasteiger partial charge in [0, 0.05) is 0 Å². The summed E-state index contributed by atoms with van der Waals surface area (Å²) in [4.78, 5) is 11.6.